The molecule has 0 bridgehead atoms. The van der Waals surface area contributed by atoms with E-state index in [1.54, 1.807) is 0 Å². The number of nitrogens with zero attached hydrogens (tertiary/aromatic N) is 1. The van der Waals surface area contributed by atoms with Crippen molar-refractivity contribution in [2.75, 3.05) is 7.05 Å². The van der Waals surface area contributed by atoms with E-state index >= 15 is 0 Å². The van der Waals surface area contributed by atoms with E-state index in [0.29, 0.717) is 14.0 Å². The van der Waals surface area contributed by atoms with Gasteiger partial charge in [0.2, 0.25) is 0 Å². The van der Waals surface area contributed by atoms with Gasteiger partial charge in [-0.2, -0.15) is 83.4 Å². The van der Waals surface area contributed by atoms with Crippen LogP contribution in [0, 0.1) is 0 Å². The summed E-state index contributed by atoms with van der Waals surface area (Å²) in [6.45, 7) is 0.583. The summed E-state index contributed by atoms with van der Waals surface area (Å²) in [7, 11) is 0.359. The lowest BCUT2D eigenvalue weighted by Gasteiger charge is -2.43. The van der Waals surface area contributed by atoms with Crippen molar-refractivity contribution in [2.24, 2.45) is 0 Å². The quantitative estimate of drug-likeness (QED) is 0.152. The zero-order valence-corrected chi connectivity index (χ0v) is 17.6. The molecule has 0 aromatic carbocycles. The average Bonchev–Trinajstić information content (AvgIpc) is 2.70. The molecule has 0 aromatic rings. The van der Waals surface area contributed by atoms with E-state index in [9.17, 15) is 92.2 Å². The molecular formula is C15H10F21NO. The molecule has 0 saturated carbocycles. The lowest BCUT2D eigenvalue weighted by Crippen LogP contribution is -2.75. The fourth-order valence-electron chi connectivity index (χ4n) is 2.06. The first-order chi connectivity index (χ1) is 16.2. The highest BCUT2D eigenvalue weighted by atomic mass is 19.4. The van der Waals surface area contributed by atoms with E-state index in [0.717, 1.165) is 0 Å². The topological polar surface area (TPSA) is 23.5 Å². The van der Waals surface area contributed by atoms with Crippen molar-refractivity contribution in [1.82, 2.24) is 4.90 Å². The number of hydrogen-bond acceptors (Lipinski definition) is 2. The molecule has 2 unspecified atom stereocenters. The molecule has 0 saturated heterocycles. The van der Waals surface area contributed by atoms with Gasteiger partial charge >= 0.3 is 53.6 Å². The second kappa shape index (κ2) is 9.68. The van der Waals surface area contributed by atoms with Gasteiger partial charge in [-0.3, -0.25) is 0 Å². The molecule has 23 heteroatoms. The highest BCUT2D eigenvalue weighted by molar-refractivity contribution is 5.21. The van der Waals surface area contributed by atoms with Gasteiger partial charge < -0.3 is 5.11 Å². The number of allylic oxidation sites excluding steroid dienone is 1. The third kappa shape index (κ3) is 4.84. The Morgan fingerprint density at radius 3 is 1.11 bits per heavy atom. The van der Waals surface area contributed by atoms with Crippen molar-refractivity contribution >= 4 is 0 Å². The zero-order valence-electron chi connectivity index (χ0n) is 17.6. The number of likely N-dealkylation sites (N-methyl/N-ethyl adjacent to an activating group) is 1. The third-order valence-electron chi connectivity index (χ3n) is 4.68. The van der Waals surface area contributed by atoms with Gasteiger partial charge in [-0.05, 0) is 14.0 Å². The van der Waals surface area contributed by atoms with Crippen LogP contribution in [0.2, 0.25) is 0 Å². The standard InChI is InChI=1S/C15H10F21NO/c1-4(38)37(2)6(17)3-5(16)7(18,19)8(20,21)9(22,23)10(24,25)11(26,27)12(28,29)13(30,31)14(32,33)15(34,35)36/h3-4,6,38H,1-2H3. The molecule has 0 aromatic heterocycles. The molecule has 0 aliphatic carbocycles. The molecule has 0 heterocycles. The van der Waals surface area contributed by atoms with Gasteiger partial charge in [0.25, 0.3) is 0 Å². The monoisotopic (exact) mass is 619 g/mol. The fourth-order valence-corrected chi connectivity index (χ4v) is 2.06. The van der Waals surface area contributed by atoms with Crippen LogP contribution in [0.4, 0.5) is 92.2 Å². The highest BCUT2D eigenvalue weighted by Gasteiger charge is 2.96. The van der Waals surface area contributed by atoms with Crippen molar-refractivity contribution in [1.29, 1.82) is 0 Å². The second-order valence-corrected chi connectivity index (χ2v) is 7.28. The number of alkyl halides is 20. The van der Waals surface area contributed by atoms with E-state index in [1.807, 2.05) is 0 Å². The molecule has 0 radical (unpaired) electrons. The van der Waals surface area contributed by atoms with E-state index in [1.165, 1.54) is 0 Å². The molecule has 38 heavy (non-hydrogen) atoms. The summed E-state index contributed by atoms with van der Waals surface area (Å²) < 4.78 is 277. The summed E-state index contributed by atoms with van der Waals surface area (Å²) in [5.74, 6) is -73.8. The summed E-state index contributed by atoms with van der Waals surface area (Å²) >= 11 is 0. The SMILES string of the molecule is CC(O)N(C)C(F)C=C(F)C(F)(F)C(F)(F)C(F)(F)C(F)(F)C(F)(F)C(F)(F)C(F)(F)C(F)(F)C(F)(F)F. The Labute approximate surface area is 195 Å². The van der Waals surface area contributed by atoms with E-state index in [4.69, 9.17) is 5.11 Å². The summed E-state index contributed by atoms with van der Waals surface area (Å²) in [4.78, 5) is -0.266. The fraction of sp³-hybridized carbons (Fsp3) is 0.867. The van der Waals surface area contributed by atoms with E-state index in [-0.39, 0.29) is 4.90 Å². The number of aliphatic hydroxyl groups is 1. The van der Waals surface area contributed by atoms with Gasteiger partial charge in [0.15, 0.2) is 12.1 Å². The Balaban J connectivity index is 6.98. The molecule has 228 valence electrons. The van der Waals surface area contributed by atoms with Crippen molar-refractivity contribution < 1.29 is 97.3 Å². The van der Waals surface area contributed by atoms with Crippen LogP contribution in [0.5, 0.6) is 0 Å². The lowest BCUT2D eigenvalue weighted by atomic mass is 9.87. The van der Waals surface area contributed by atoms with E-state index in [2.05, 4.69) is 0 Å². The van der Waals surface area contributed by atoms with Gasteiger partial charge in [0.05, 0.1) is 0 Å². The maximum Gasteiger partial charge on any atom is 0.460 e. The van der Waals surface area contributed by atoms with Gasteiger partial charge in [0, 0.05) is 6.08 Å². The van der Waals surface area contributed by atoms with E-state index < -0.39 is 78.0 Å². The number of hydrogen-bond donors (Lipinski definition) is 1. The maximum atomic E-state index is 13.6. The predicted octanol–water partition coefficient (Wildman–Crippen LogP) is 7.05. The molecule has 0 rings (SSSR count). The van der Waals surface area contributed by atoms with Crippen LogP contribution < -0.4 is 0 Å². The normalized spacial score (nSPS) is 18.2. The molecule has 0 fully saturated rings. The second-order valence-electron chi connectivity index (χ2n) is 7.28. The molecule has 0 aliphatic rings. The average molecular weight is 619 g/mol. The van der Waals surface area contributed by atoms with Crippen molar-refractivity contribution in [3.8, 4) is 0 Å². The molecule has 0 spiro atoms. The summed E-state index contributed by atoms with van der Waals surface area (Å²) in [5.41, 5.74) is 0. The maximum absolute atomic E-state index is 13.6. The molecule has 2 nitrogen and oxygen atoms in total. The van der Waals surface area contributed by atoms with Crippen LogP contribution >= 0.6 is 0 Å². The van der Waals surface area contributed by atoms with Crippen LogP contribution in [-0.2, 0) is 0 Å². The number of rotatable bonds is 11. The first-order valence-electron chi connectivity index (χ1n) is 8.67. The number of halogens is 21. The van der Waals surface area contributed by atoms with Crippen LogP contribution in [0.15, 0.2) is 11.9 Å². The Bertz CT molecular complexity index is 872. The van der Waals surface area contributed by atoms with Crippen LogP contribution in [0.3, 0.4) is 0 Å². The van der Waals surface area contributed by atoms with Crippen LogP contribution in [0.25, 0.3) is 0 Å². The van der Waals surface area contributed by atoms with Crippen LogP contribution in [0.1, 0.15) is 6.92 Å². The summed E-state index contributed by atoms with van der Waals surface area (Å²) in [6, 6.07) is 0. The zero-order chi connectivity index (χ0) is 31.5. The van der Waals surface area contributed by atoms with Gasteiger partial charge in [-0.1, -0.05) is 0 Å². The molecule has 1 N–H and O–H groups in total. The predicted molar refractivity (Wildman–Crippen MR) is 79.2 cm³/mol. The Morgan fingerprint density at radius 2 is 0.842 bits per heavy atom. The molecule has 0 amide bonds. The third-order valence-corrected chi connectivity index (χ3v) is 4.68. The summed E-state index contributed by atoms with van der Waals surface area (Å²) in [6.07, 6.45) is -15.1. The molecular weight excluding hydrogens is 609 g/mol. The van der Waals surface area contributed by atoms with Crippen molar-refractivity contribution in [3.63, 3.8) is 0 Å². The lowest BCUT2D eigenvalue weighted by molar-refractivity contribution is -0.467. The smallest absolute Gasteiger partial charge is 0.379 e. The first kappa shape index (κ1) is 36.2. The Hall–Kier alpha value is -1.81. The minimum Gasteiger partial charge on any atom is -0.379 e. The highest BCUT2D eigenvalue weighted by Crippen LogP contribution is 2.65. The Morgan fingerprint density at radius 1 is 0.579 bits per heavy atom. The Kier molecular flexibility index (Phi) is 9.22. The summed E-state index contributed by atoms with van der Waals surface area (Å²) in [5, 5.41) is 8.88. The minimum atomic E-state index is -9.14. The van der Waals surface area contributed by atoms with Crippen molar-refractivity contribution in [3.05, 3.63) is 11.9 Å². The largest absolute Gasteiger partial charge is 0.460 e. The van der Waals surface area contributed by atoms with Crippen LogP contribution in [-0.4, -0.2) is 83.1 Å². The van der Waals surface area contributed by atoms with Crippen molar-refractivity contribution in [2.45, 2.75) is 73.0 Å². The molecule has 2 atom stereocenters. The van der Waals surface area contributed by atoms with Gasteiger partial charge in [-0.15, -0.1) is 0 Å². The number of aliphatic hydroxyl groups excluding tert-OH is 1. The minimum absolute atomic E-state index is 0.266. The van der Waals surface area contributed by atoms with Gasteiger partial charge in [-0.25, -0.2) is 13.7 Å². The van der Waals surface area contributed by atoms with Gasteiger partial charge in [0.1, 0.15) is 6.23 Å². The first-order valence-corrected chi connectivity index (χ1v) is 8.67. The molecule has 0 aliphatic heterocycles.